The lowest BCUT2D eigenvalue weighted by Crippen LogP contribution is -2.69. The number of nitriles is 1. The Balaban J connectivity index is 1.24. The van der Waals surface area contributed by atoms with Crippen molar-refractivity contribution in [1.82, 2.24) is 15.1 Å². The summed E-state index contributed by atoms with van der Waals surface area (Å²) >= 11 is 1.46. The molecule has 7 heterocycles. The molecule has 2 saturated heterocycles. The molecule has 3 aromatic carbocycles. The molecule has 2 fully saturated rings. The second-order valence-electron chi connectivity index (χ2n) is 17.1. The van der Waals surface area contributed by atoms with E-state index in [2.05, 4.69) is 21.2 Å². The van der Waals surface area contributed by atoms with Gasteiger partial charge in [0.15, 0.2) is 40.0 Å². The molecule has 15 nitrogen and oxygen atoms in total. The lowest BCUT2D eigenvalue weighted by molar-refractivity contribution is -0.157. The van der Waals surface area contributed by atoms with Crippen molar-refractivity contribution in [2.75, 3.05) is 47.0 Å². The molecule has 0 aromatic heterocycles. The normalized spacial score (nSPS) is 28.0. The smallest absolute Gasteiger partial charge is 0.507 e. The third-order valence-corrected chi connectivity index (χ3v) is 14.3. The fourth-order valence-corrected chi connectivity index (χ4v) is 12.0. The summed E-state index contributed by atoms with van der Waals surface area (Å²) in [6.45, 7) is 9.07. The first-order valence-corrected chi connectivity index (χ1v) is 20.8. The van der Waals surface area contributed by atoms with Crippen molar-refractivity contribution in [2.24, 2.45) is 0 Å². The summed E-state index contributed by atoms with van der Waals surface area (Å²) in [6.07, 6.45) is 0.108. The minimum Gasteiger partial charge on any atom is -0.507 e. The van der Waals surface area contributed by atoms with E-state index in [9.17, 15) is 25.1 Å². The molecule has 3 aromatic rings. The number of ether oxygens (including phenoxy) is 7. The van der Waals surface area contributed by atoms with E-state index in [4.69, 9.17) is 33.2 Å². The number of hydrogen-bond donors (Lipinski definition) is 3. The van der Waals surface area contributed by atoms with Crippen LogP contribution in [0.5, 0.6) is 40.2 Å². The van der Waals surface area contributed by atoms with E-state index in [1.807, 2.05) is 20.0 Å². The van der Waals surface area contributed by atoms with Crippen LogP contribution in [-0.2, 0) is 32.6 Å². The van der Waals surface area contributed by atoms with Gasteiger partial charge < -0.3 is 43.4 Å². The van der Waals surface area contributed by atoms with Gasteiger partial charge in [0.2, 0.25) is 6.79 Å². The highest BCUT2D eigenvalue weighted by Crippen LogP contribution is 2.64. The van der Waals surface area contributed by atoms with Crippen molar-refractivity contribution in [3.63, 3.8) is 0 Å². The quantitative estimate of drug-likeness (QED) is 0.226. The molecule has 59 heavy (non-hydrogen) atoms. The number of piperazine rings is 1. The zero-order valence-electron chi connectivity index (χ0n) is 34.3. The Bertz CT molecular complexity index is 2340. The van der Waals surface area contributed by atoms with Gasteiger partial charge in [0.25, 0.3) is 0 Å². The second kappa shape index (κ2) is 14.0. The van der Waals surface area contributed by atoms with Gasteiger partial charge in [-0.3, -0.25) is 15.1 Å². The van der Waals surface area contributed by atoms with Crippen molar-refractivity contribution >= 4 is 23.9 Å². The van der Waals surface area contributed by atoms with Crippen LogP contribution < -0.4 is 29.0 Å². The number of fused-ring (bicyclic) bond motifs is 9. The van der Waals surface area contributed by atoms with Crippen molar-refractivity contribution in [3.8, 4) is 46.3 Å². The predicted octanol–water partition coefficient (Wildman–Crippen LogP) is 5.38. The molecule has 0 saturated carbocycles. The zero-order chi connectivity index (χ0) is 41.9. The van der Waals surface area contributed by atoms with Crippen LogP contribution >= 0.6 is 11.8 Å². The average molecular weight is 829 g/mol. The monoisotopic (exact) mass is 828 g/mol. The lowest BCUT2D eigenvalue weighted by atomic mass is 9.71. The van der Waals surface area contributed by atoms with Gasteiger partial charge in [-0.05, 0) is 88.9 Å². The number of benzene rings is 3. The second-order valence-corrected chi connectivity index (χ2v) is 18.2. The Morgan fingerprint density at radius 2 is 1.78 bits per heavy atom. The van der Waals surface area contributed by atoms with E-state index in [0.717, 1.165) is 16.7 Å². The molecular weight excluding hydrogens is 781 g/mol. The summed E-state index contributed by atoms with van der Waals surface area (Å²) in [6, 6.07) is 5.34. The van der Waals surface area contributed by atoms with Gasteiger partial charge in [-0.1, -0.05) is 6.07 Å². The van der Waals surface area contributed by atoms with E-state index in [0.29, 0.717) is 64.5 Å². The molecule has 312 valence electrons. The molecule has 4 bridgehead atoms. The number of aryl methyl sites for hydroxylation is 1. The first-order chi connectivity index (χ1) is 28.1. The maximum atomic E-state index is 14.9. The Morgan fingerprint density at radius 1 is 1.02 bits per heavy atom. The number of phenolic OH excluding ortho intramolecular Hbond substituents is 2. The van der Waals surface area contributed by atoms with Crippen LogP contribution in [0.25, 0.3) is 0 Å². The number of hydrogen-bond acceptors (Lipinski definition) is 16. The third kappa shape index (κ3) is 5.79. The highest BCUT2D eigenvalue weighted by molar-refractivity contribution is 7.99. The molecule has 0 amide bonds. The number of carbonyl (C=O) groups excluding carboxylic acids is 2. The maximum Gasteiger partial charge on any atom is 0.514 e. The molecule has 7 aliphatic heterocycles. The number of methoxy groups -OCH3 is 2. The molecule has 1 unspecified atom stereocenters. The fraction of sp³-hybridized carbons (Fsp3) is 0.512. The molecule has 0 aliphatic carbocycles. The number of nitrogens with one attached hydrogen (secondary N) is 1. The number of thioether (sulfide) groups is 1. The minimum atomic E-state index is -1.41. The fourth-order valence-electron chi connectivity index (χ4n) is 10.4. The van der Waals surface area contributed by atoms with Crippen LogP contribution in [0.2, 0.25) is 0 Å². The molecule has 16 heteroatoms. The zero-order valence-corrected chi connectivity index (χ0v) is 35.1. The first kappa shape index (κ1) is 39.4. The number of likely N-dealkylation sites (N-methyl/N-ethyl adjacent to an activating group) is 1. The maximum absolute atomic E-state index is 14.9. The number of phenols is 2. The van der Waals surface area contributed by atoms with Gasteiger partial charge >= 0.3 is 12.1 Å². The number of aromatic hydroxyl groups is 2. The summed E-state index contributed by atoms with van der Waals surface area (Å²) in [5.41, 5.74) is 3.33. The van der Waals surface area contributed by atoms with Gasteiger partial charge in [-0.25, -0.2) is 9.59 Å². The number of esters is 1. The number of nitrogens with zero attached hydrogens (tertiary/aromatic N) is 3. The lowest BCUT2D eigenvalue weighted by Gasteiger charge is -2.62. The largest absolute Gasteiger partial charge is 0.514 e. The molecule has 7 aliphatic rings. The molecule has 3 N–H and O–H groups in total. The summed E-state index contributed by atoms with van der Waals surface area (Å²) in [5, 5.41) is 38.4. The Morgan fingerprint density at radius 3 is 2.49 bits per heavy atom. The van der Waals surface area contributed by atoms with E-state index < -0.39 is 52.7 Å². The van der Waals surface area contributed by atoms with Crippen molar-refractivity contribution < 1.29 is 53.0 Å². The van der Waals surface area contributed by atoms with Gasteiger partial charge in [0.1, 0.15) is 24.0 Å². The Kier molecular flexibility index (Phi) is 9.35. The van der Waals surface area contributed by atoms with Gasteiger partial charge in [-0.2, -0.15) is 5.26 Å². The van der Waals surface area contributed by atoms with Crippen LogP contribution in [-0.4, -0.2) is 103 Å². The van der Waals surface area contributed by atoms with Crippen molar-refractivity contribution in [1.29, 1.82) is 5.26 Å². The molecular formula is C43H48N4O11S. The minimum absolute atomic E-state index is 0.0370. The highest BCUT2D eigenvalue weighted by Gasteiger charge is 2.61. The van der Waals surface area contributed by atoms with Crippen LogP contribution in [0.15, 0.2) is 18.2 Å². The number of carbonyl (C=O) groups is 2. The van der Waals surface area contributed by atoms with Gasteiger partial charge in [0, 0.05) is 46.6 Å². The molecule has 0 radical (unpaired) electrons. The van der Waals surface area contributed by atoms with E-state index in [1.54, 1.807) is 39.8 Å². The summed E-state index contributed by atoms with van der Waals surface area (Å²) in [7, 11) is 4.98. The van der Waals surface area contributed by atoms with E-state index in [-0.39, 0.29) is 48.2 Å². The van der Waals surface area contributed by atoms with Gasteiger partial charge in [0.05, 0.1) is 37.6 Å². The standard InChI is InChI=1S/C43H48N4O11S/c1-19-11-22-12-24-25(15-44)47-26-16-54-40(50)43(23-14-27(52-7)28(13-21(23)9-10-45-43)57-41(51)58-42(3,4)5)17-59-39(31-30(26)38-37(55-18-56-38)20(2)34(31)48)33(47)32(46(24)6)29(22)35(49)36(19)53-8/h11,13-14,24-26,32-33,39,45,48-49H,9-10,12,16-18H2,1-8H3/t24-,25+,26+,32+,33?,39-,43-/m1/s1. The molecule has 1 spiro atoms. The van der Waals surface area contributed by atoms with E-state index >= 15 is 0 Å². The summed E-state index contributed by atoms with van der Waals surface area (Å²) < 4.78 is 41.1. The van der Waals surface area contributed by atoms with Crippen LogP contribution in [0.1, 0.15) is 82.6 Å². The topological polar surface area (TPSA) is 182 Å². The van der Waals surface area contributed by atoms with E-state index in [1.165, 1.54) is 26.0 Å². The Labute approximate surface area is 346 Å². The highest BCUT2D eigenvalue weighted by atomic mass is 32.2. The van der Waals surface area contributed by atoms with Crippen LogP contribution in [0.4, 0.5) is 4.79 Å². The first-order valence-electron chi connectivity index (χ1n) is 19.7. The summed E-state index contributed by atoms with van der Waals surface area (Å²) in [4.78, 5) is 32.0. The molecule has 7 atom stereocenters. The average Bonchev–Trinajstić information content (AvgIpc) is 3.68. The van der Waals surface area contributed by atoms with Crippen molar-refractivity contribution in [2.45, 2.75) is 94.1 Å². The number of rotatable bonds is 3. The SMILES string of the molecule is COc1cc2c(cc1OC(=O)OC(C)(C)C)CCN[C@]21CS[C@@H]2c3c(O)c(C)c4c(c3[C@H](COC1=O)N1C2[C@@H]2c3c(cc(C)c(OC)c3O)C[C@H]([C@@H]1C#N)N2C)OCO4. The predicted molar refractivity (Wildman–Crippen MR) is 214 cm³/mol. The van der Waals surface area contributed by atoms with Crippen LogP contribution in [0.3, 0.4) is 0 Å². The van der Waals surface area contributed by atoms with Gasteiger partial charge in [-0.15, -0.1) is 11.8 Å². The van der Waals surface area contributed by atoms with Crippen molar-refractivity contribution in [3.05, 3.63) is 62.7 Å². The Hall–Kier alpha value is -5.08. The molecule has 10 rings (SSSR count). The summed E-state index contributed by atoms with van der Waals surface area (Å²) in [5.74, 6) is 1.30. The third-order valence-electron chi connectivity index (χ3n) is 12.8. The van der Waals surface area contributed by atoms with Crippen LogP contribution in [0, 0.1) is 25.2 Å².